The van der Waals surface area contributed by atoms with Gasteiger partial charge in [0.25, 0.3) is 0 Å². The lowest BCUT2D eigenvalue weighted by Gasteiger charge is -2.32. The number of hydrogen-bond acceptors (Lipinski definition) is 3. The molecule has 2 amide bonds. The molecule has 164 valence electrons. The van der Waals surface area contributed by atoms with Crippen molar-refractivity contribution in [3.8, 4) is 0 Å². The fourth-order valence-electron chi connectivity index (χ4n) is 4.10. The number of rotatable bonds is 6. The number of carbonyl (C=O) groups is 1. The summed E-state index contributed by atoms with van der Waals surface area (Å²) in [4.78, 5) is 17.1. The lowest BCUT2D eigenvalue weighted by Crippen LogP contribution is -2.32. The normalized spacial score (nSPS) is 14.9. The van der Waals surface area contributed by atoms with Gasteiger partial charge in [0, 0.05) is 60.3 Å². The van der Waals surface area contributed by atoms with E-state index < -0.39 is 0 Å². The minimum Gasteiger partial charge on any atom is -0.372 e. The molecule has 6 heteroatoms. The molecule has 0 saturated carbocycles. The first kappa shape index (κ1) is 21.2. The Labute approximate surface area is 184 Å². The highest BCUT2D eigenvalue weighted by Crippen LogP contribution is 2.25. The van der Waals surface area contributed by atoms with Gasteiger partial charge in [-0.3, -0.25) is 0 Å². The Balaban J connectivity index is 1.34. The van der Waals surface area contributed by atoms with E-state index in [4.69, 9.17) is 0 Å². The average Bonchev–Trinajstić information content (AvgIpc) is 3.15. The number of benzene rings is 2. The predicted molar refractivity (Wildman–Crippen MR) is 130 cm³/mol. The molecule has 1 saturated heterocycles. The lowest BCUT2D eigenvalue weighted by atomic mass is 9.99. The van der Waals surface area contributed by atoms with Crippen LogP contribution in [0.25, 0.3) is 10.9 Å². The van der Waals surface area contributed by atoms with E-state index in [-0.39, 0.29) is 6.03 Å². The summed E-state index contributed by atoms with van der Waals surface area (Å²) in [5.74, 6) is 0.816. The van der Waals surface area contributed by atoms with Crippen LogP contribution in [0, 0.1) is 5.92 Å². The molecule has 1 aliphatic rings. The van der Waals surface area contributed by atoms with Crippen LogP contribution in [0.3, 0.4) is 0 Å². The number of anilines is 3. The van der Waals surface area contributed by atoms with Crippen LogP contribution in [0.4, 0.5) is 21.9 Å². The van der Waals surface area contributed by atoms with Gasteiger partial charge in [0.2, 0.25) is 0 Å². The van der Waals surface area contributed by atoms with Crippen LogP contribution in [0.5, 0.6) is 0 Å². The van der Waals surface area contributed by atoms with Gasteiger partial charge in [-0.2, -0.15) is 0 Å². The fourth-order valence-corrected chi connectivity index (χ4v) is 4.10. The van der Waals surface area contributed by atoms with Gasteiger partial charge >= 0.3 is 6.03 Å². The molecule has 0 spiro atoms. The Hall–Kier alpha value is -2.99. The standard InChI is InChI=1S/C25H33N5O/c1-19-10-13-29(14-11-19)23-7-4-21(5-8-23)26-25(31)27-22-6-9-24-20(18-22)12-15-30(24)17-16-28(2)3/h4-9,12,15,18-19H,10-11,13-14,16-17H2,1-3H3,(H2,26,27,31). The van der Waals surface area contributed by atoms with E-state index >= 15 is 0 Å². The van der Waals surface area contributed by atoms with Crippen molar-refractivity contribution in [2.75, 3.05) is 49.3 Å². The molecular formula is C25H33N5O. The van der Waals surface area contributed by atoms with Crippen molar-refractivity contribution in [2.45, 2.75) is 26.3 Å². The Kier molecular flexibility index (Phi) is 6.47. The molecule has 0 bridgehead atoms. The number of nitrogens with zero attached hydrogens (tertiary/aromatic N) is 3. The van der Waals surface area contributed by atoms with Gasteiger partial charge in [-0.15, -0.1) is 0 Å². The minimum absolute atomic E-state index is 0.231. The molecule has 2 N–H and O–H groups in total. The maximum atomic E-state index is 12.5. The highest BCUT2D eigenvalue weighted by Gasteiger charge is 2.16. The smallest absolute Gasteiger partial charge is 0.323 e. The SMILES string of the molecule is CC1CCN(c2ccc(NC(=O)Nc3ccc4c(ccn4CCN(C)C)c3)cc2)CC1. The van der Waals surface area contributed by atoms with Gasteiger partial charge < -0.3 is 25.0 Å². The number of aromatic nitrogens is 1. The summed E-state index contributed by atoms with van der Waals surface area (Å²) < 4.78 is 2.24. The number of carbonyl (C=O) groups excluding carboxylic acids is 1. The van der Waals surface area contributed by atoms with Gasteiger partial charge in [-0.05, 0) is 81.4 Å². The monoisotopic (exact) mass is 419 g/mol. The van der Waals surface area contributed by atoms with Crippen LogP contribution in [0.2, 0.25) is 0 Å². The van der Waals surface area contributed by atoms with Crippen LogP contribution in [-0.2, 0) is 6.54 Å². The molecule has 0 unspecified atom stereocenters. The molecule has 0 radical (unpaired) electrons. The van der Waals surface area contributed by atoms with Crippen molar-refractivity contribution < 1.29 is 4.79 Å². The number of hydrogen-bond donors (Lipinski definition) is 2. The first-order valence-corrected chi connectivity index (χ1v) is 11.1. The van der Waals surface area contributed by atoms with Gasteiger partial charge in [-0.1, -0.05) is 6.92 Å². The Morgan fingerprint density at radius 3 is 2.39 bits per heavy atom. The summed E-state index contributed by atoms with van der Waals surface area (Å²) in [5.41, 5.74) is 3.98. The van der Waals surface area contributed by atoms with Crippen molar-refractivity contribution in [1.82, 2.24) is 9.47 Å². The zero-order valence-electron chi connectivity index (χ0n) is 18.8. The second kappa shape index (κ2) is 9.43. The number of urea groups is 1. The van der Waals surface area contributed by atoms with E-state index in [9.17, 15) is 4.79 Å². The summed E-state index contributed by atoms with van der Waals surface area (Å²) in [6, 6.07) is 16.0. The third-order valence-electron chi connectivity index (χ3n) is 6.09. The third kappa shape index (κ3) is 5.39. The van der Waals surface area contributed by atoms with Crippen molar-refractivity contribution in [1.29, 1.82) is 0 Å². The molecule has 2 aromatic carbocycles. The summed E-state index contributed by atoms with van der Waals surface area (Å²) in [6.45, 7) is 6.46. The summed E-state index contributed by atoms with van der Waals surface area (Å²) in [5, 5.41) is 7.00. The molecule has 0 atom stereocenters. The molecular weight excluding hydrogens is 386 g/mol. The van der Waals surface area contributed by atoms with Crippen LogP contribution < -0.4 is 15.5 Å². The number of nitrogens with one attached hydrogen (secondary N) is 2. The van der Waals surface area contributed by atoms with E-state index in [0.29, 0.717) is 0 Å². The van der Waals surface area contributed by atoms with Crippen LogP contribution in [0.15, 0.2) is 54.7 Å². The van der Waals surface area contributed by atoms with Gasteiger partial charge in [0.15, 0.2) is 0 Å². The van der Waals surface area contributed by atoms with Crippen LogP contribution >= 0.6 is 0 Å². The predicted octanol–water partition coefficient (Wildman–Crippen LogP) is 5.08. The van der Waals surface area contributed by atoms with Gasteiger partial charge in [0.05, 0.1) is 0 Å². The number of fused-ring (bicyclic) bond motifs is 1. The Bertz CT molecular complexity index is 1020. The molecule has 0 aliphatic carbocycles. The third-order valence-corrected chi connectivity index (χ3v) is 6.09. The Morgan fingerprint density at radius 1 is 1.00 bits per heavy atom. The summed E-state index contributed by atoms with van der Waals surface area (Å²) in [6.07, 6.45) is 4.58. The number of likely N-dealkylation sites (N-methyl/N-ethyl adjacent to an activating group) is 1. The number of amides is 2. The van der Waals surface area contributed by atoms with Crippen LogP contribution in [-0.4, -0.2) is 49.2 Å². The Morgan fingerprint density at radius 2 is 1.68 bits per heavy atom. The fraction of sp³-hybridized carbons (Fsp3) is 0.400. The highest BCUT2D eigenvalue weighted by atomic mass is 16.2. The van der Waals surface area contributed by atoms with Crippen molar-refractivity contribution in [2.24, 2.45) is 5.92 Å². The average molecular weight is 420 g/mol. The maximum absolute atomic E-state index is 12.5. The maximum Gasteiger partial charge on any atom is 0.323 e. The zero-order chi connectivity index (χ0) is 21.8. The van der Waals surface area contributed by atoms with E-state index in [2.05, 4.69) is 76.5 Å². The van der Waals surface area contributed by atoms with E-state index in [1.165, 1.54) is 24.0 Å². The summed E-state index contributed by atoms with van der Waals surface area (Å²) in [7, 11) is 4.15. The van der Waals surface area contributed by atoms with Crippen LogP contribution in [0.1, 0.15) is 19.8 Å². The molecule has 3 aromatic rings. The molecule has 31 heavy (non-hydrogen) atoms. The van der Waals surface area contributed by atoms with E-state index in [1.54, 1.807) is 0 Å². The van der Waals surface area contributed by atoms with Crippen molar-refractivity contribution in [3.63, 3.8) is 0 Å². The topological polar surface area (TPSA) is 52.5 Å². The first-order valence-electron chi connectivity index (χ1n) is 11.1. The highest BCUT2D eigenvalue weighted by molar-refractivity contribution is 6.01. The zero-order valence-corrected chi connectivity index (χ0v) is 18.8. The van der Waals surface area contributed by atoms with Gasteiger partial charge in [0.1, 0.15) is 0 Å². The lowest BCUT2D eigenvalue weighted by molar-refractivity contribution is 0.262. The first-order chi connectivity index (χ1) is 15.0. The molecule has 6 nitrogen and oxygen atoms in total. The molecule has 1 aromatic heterocycles. The molecule has 1 fully saturated rings. The minimum atomic E-state index is -0.231. The second-order valence-electron chi connectivity index (χ2n) is 8.88. The van der Waals surface area contributed by atoms with Gasteiger partial charge in [-0.25, -0.2) is 4.79 Å². The van der Waals surface area contributed by atoms with E-state index in [1.807, 2.05) is 24.3 Å². The van der Waals surface area contributed by atoms with Crippen molar-refractivity contribution >= 4 is 34.0 Å². The molecule has 4 rings (SSSR count). The summed E-state index contributed by atoms with van der Waals surface area (Å²) >= 11 is 0. The quantitative estimate of drug-likeness (QED) is 0.586. The van der Waals surface area contributed by atoms with Crippen molar-refractivity contribution in [3.05, 3.63) is 54.7 Å². The molecule has 2 heterocycles. The molecule has 1 aliphatic heterocycles. The number of piperidine rings is 1. The second-order valence-corrected chi connectivity index (χ2v) is 8.88. The largest absolute Gasteiger partial charge is 0.372 e. The van der Waals surface area contributed by atoms with E-state index in [0.717, 1.165) is 48.9 Å².